The Labute approximate surface area is 284 Å². The van der Waals surface area contributed by atoms with Crippen LogP contribution in [0.15, 0.2) is 59.8 Å². The lowest BCUT2D eigenvalue weighted by molar-refractivity contribution is -0.345. The molecule has 0 aromatic carbocycles. The predicted octanol–water partition coefficient (Wildman–Crippen LogP) is 6.38. The van der Waals surface area contributed by atoms with Gasteiger partial charge in [-0.3, -0.25) is 9.59 Å². The Kier molecular flexibility index (Phi) is 16.0. The fourth-order valence-electron chi connectivity index (χ4n) is 5.86. The molecule has 2 heterocycles. The van der Waals surface area contributed by atoms with Gasteiger partial charge in [0.2, 0.25) is 0 Å². The first-order valence-corrected chi connectivity index (χ1v) is 16.8. The summed E-state index contributed by atoms with van der Waals surface area (Å²) in [6, 6.07) is 0. The number of ether oxygens (including phenoxy) is 3. The van der Waals surface area contributed by atoms with Crippen LogP contribution in [0.3, 0.4) is 0 Å². The van der Waals surface area contributed by atoms with E-state index < -0.39 is 47.5 Å². The molecule has 2 fully saturated rings. The van der Waals surface area contributed by atoms with E-state index in [1.165, 1.54) is 6.08 Å². The number of rotatable bonds is 17. The lowest BCUT2D eigenvalue weighted by atomic mass is 9.77. The van der Waals surface area contributed by atoms with Gasteiger partial charge in [0.1, 0.15) is 11.7 Å². The van der Waals surface area contributed by atoms with Crippen molar-refractivity contribution in [1.82, 2.24) is 0 Å². The number of carboxylic acid groups (broad SMARTS) is 3. The van der Waals surface area contributed by atoms with E-state index in [1.807, 2.05) is 13.0 Å². The standard InChI is InChI=1S/C37H54O11/c1-24(2)17-19-36(48-35(45)16-15-33(41)42)21-22-37(47-31(36)13-9-26(4)23-34(43)44)20-18-28(6)30(46-37)12-8-25(3)7-11-29(38)27(5)10-14-32(39)40/h7-11,13-14,23-24,27-31,38H,12,15-22H2,1-6H3,(H,39,40)(H,41,42)(H,43,44)/b11-7+,13-9+,14-10+,25-8+,26-23+/t27-,28-,29-,30+,31-,36+,37-/m1/s1. The number of esters is 1. The molecule has 0 amide bonds. The Balaban J connectivity index is 2.34. The molecule has 48 heavy (non-hydrogen) atoms. The van der Waals surface area contributed by atoms with Crippen LogP contribution >= 0.6 is 0 Å². The molecule has 0 aliphatic carbocycles. The summed E-state index contributed by atoms with van der Waals surface area (Å²) in [5.74, 6) is -4.71. The van der Waals surface area contributed by atoms with E-state index >= 15 is 0 Å². The minimum Gasteiger partial charge on any atom is -0.481 e. The summed E-state index contributed by atoms with van der Waals surface area (Å²) < 4.78 is 19.6. The third kappa shape index (κ3) is 13.5. The van der Waals surface area contributed by atoms with Gasteiger partial charge in [0.05, 0.1) is 25.0 Å². The first kappa shape index (κ1) is 40.6. The van der Waals surface area contributed by atoms with E-state index in [2.05, 4.69) is 20.8 Å². The molecule has 2 saturated heterocycles. The molecule has 2 aliphatic heterocycles. The Hall–Kier alpha value is -3.54. The first-order chi connectivity index (χ1) is 22.5. The van der Waals surface area contributed by atoms with Crippen LogP contribution in [0.5, 0.6) is 0 Å². The minimum absolute atomic E-state index is 0.191. The average Bonchev–Trinajstić information content (AvgIpc) is 3.01. The second kappa shape index (κ2) is 18.9. The summed E-state index contributed by atoms with van der Waals surface area (Å²) in [5.41, 5.74) is 0.292. The number of carboxylic acids is 3. The number of hydrogen-bond donors (Lipinski definition) is 4. The van der Waals surface area contributed by atoms with Crippen molar-refractivity contribution in [3.05, 3.63) is 59.8 Å². The van der Waals surface area contributed by atoms with Crippen LogP contribution in [0.25, 0.3) is 0 Å². The third-order valence-corrected chi connectivity index (χ3v) is 8.97. The lowest BCUT2D eigenvalue weighted by Gasteiger charge is -2.53. The molecule has 0 saturated carbocycles. The molecule has 7 atom stereocenters. The Morgan fingerprint density at radius 3 is 2.23 bits per heavy atom. The lowest BCUT2D eigenvalue weighted by Crippen LogP contribution is -2.59. The van der Waals surface area contributed by atoms with Gasteiger partial charge in [-0.2, -0.15) is 0 Å². The van der Waals surface area contributed by atoms with Crippen molar-refractivity contribution in [2.45, 2.75) is 129 Å². The minimum atomic E-state index is -1.10. The van der Waals surface area contributed by atoms with E-state index in [1.54, 1.807) is 38.2 Å². The van der Waals surface area contributed by atoms with Crippen LogP contribution in [-0.2, 0) is 33.4 Å². The van der Waals surface area contributed by atoms with Gasteiger partial charge in [0.15, 0.2) is 5.79 Å². The summed E-state index contributed by atoms with van der Waals surface area (Å²) in [4.78, 5) is 46.2. The molecular weight excluding hydrogens is 620 g/mol. The van der Waals surface area contributed by atoms with Gasteiger partial charge in [0, 0.05) is 30.9 Å². The van der Waals surface area contributed by atoms with E-state index in [9.17, 15) is 29.4 Å². The molecule has 2 aliphatic rings. The molecule has 0 unspecified atom stereocenters. The number of carbonyl (C=O) groups excluding carboxylic acids is 1. The highest BCUT2D eigenvalue weighted by molar-refractivity contribution is 5.81. The predicted molar refractivity (Wildman–Crippen MR) is 180 cm³/mol. The van der Waals surface area contributed by atoms with Crippen molar-refractivity contribution in [2.24, 2.45) is 17.8 Å². The molecule has 2 rings (SSSR count). The number of carbonyl (C=O) groups is 4. The highest BCUT2D eigenvalue weighted by Gasteiger charge is 2.54. The van der Waals surface area contributed by atoms with Crippen molar-refractivity contribution in [3.63, 3.8) is 0 Å². The summed E-state index contributed by atoms with van der Waals surface area (Å²) in [7, 11) is 0. The van der Waals surface area contributed by atoms with Gasteiger partial charge in [-0.15, -0.1) is 0 Å². The quantitative estimate of drug-likeness (QED) is 0.0765. The maximum Gasteiger partial charge on any atom is 0.328 e. The molecule has 0 bridgehead atoms. The summed E-state index contributed by atoms with van der Waals surface area (Å²) >= 11 is 0. The molecule has 0 aromatic rings. The Morgan fingerprint density at radius 2 is 1.60 bits per heavy atom. The highest BCUT2D eigenvalue weighted by Crippen LogP contribution is 2.48. The fourth-order valence-corrected chi connectivity index (χ4v) is 5.86. The van der Waals surface area contributed by atoms with Crippen molar-refractivity contribution < 1.29 is 53.8 Å². The van der Waals surface area contributed by atoms with Crippen LogP contribution in [0.4, 0.5) is 0 Å². The number of aliphatic carboxylic acids is 3. The maximum absolute atomic E-state index is 13.0. The fraction of sp³-hybridized carbons (Fsp3) is 0.622. The zero-order valence-corrected chi connectivity index (χ0v) is 29.1. The zero-order valence-electron chi connectivity index (χ0n) is 29.1. The van der Waals surface area contributed by atoms with Crippen LogP contribution in [0, 0.1) is 17.8 Å². The van der Waals surface area contributed by atoms with Gasteiger partial charge in [-0.25, -0.2) is 9.59 Å². The normalized spacial score (nSPS) is 28.4. The average molecular weight is 675 g/mol. The van der Waals surface area contributed by atoms with Gasteiger partial charge < -0.3 is 34.6 Å². The second-order valence-electron chi connectivity index (χ2n) is 13.7. The third-order valence-electron chi connectivity index (χ3n) is 8.97. The number of aliphatic hydroxyl groups is 1. The molecule has 1 spiro atoms. The van der Waals surface area contributed by atoms with Crippen LogP contribution in [0.2, 0.25) is 0 Å². The highest BCUT2D eigenvalue weighted by atomic mass is 16.7. The van der Waals surface area contributed by atoms with Crippen LogP contribution in [-0.4, -0.2) is 74.0 Å². The topological polar surface area (TPSA) is 177 Å². The summed E-state index contributed by atoms with van der Waals surface area (Å²) in [6.07, 6.45) is 14.0. The molecule has 268 valence electrons. The van der Waals surface area contributed by atoms with E-state index in [0.717, 1.165) is 30.6 Å². The van der Waals surface area contributed by atoms with Gasteiger partial charge in [-0.1, -0.05) is 69.7 Å². The smallest absolute Gasteiger partial charge is 0.328 e. The zero-order chi connectivity index (χ0) is 36.1. The number of allylic oxidation sites excluding steroid dienone is 4. The number of hydrogen-bond acceptors (Lipinski definition) is 8. The largest absolute Gasteiger partial charge is 0.481 e. The van der Waals surface area contributed by atoms with Gasteiger partial charge >= 0.3 is 23.9 Å². The van der Waals surface area contributed by atoms with E-state index in [0.29, 0.717) is 43.6 Å². The van der Waals surface area contributed by atoms with Crippen molar-refractivity contribution in [1.29, 1.82) is 0 Å². The molecule has 11 heteroatoms. The maximum atomic E-state index is 13.0. The van der Waals surface area contributed by atoms with Crippen molar-refractivity contribution in [3.8, 4) is 0 Å². The Bertz CT molecular complexity index is 1280. The molecule has 11 nitrogen and oxygen atoms in total. The van der Waals surface area contributed by atoms with Crippen LogP contribution < -0.4 is 0 Å². The second-order valence-corrected chi connectivity index (χ2v) is 13.7. The molecule has 0 radical (unpaired) electrons. The van der Waals surface area contributed by atoms with Gasteiger partial charge in [-0.05, 0) is 63.4 Å². The van der Waals surface area contributed by atoms with Gasteiger partial charge in [0.25, 0.3) is 0 Å². The molecule has 0 aromatic heterocycles. The Morgan fingerprint density at radius 1 is 0.896 bits per heavy atom. The summed E-state index contributed by atoms with van der Waals surface area (Å²) in [6.45, 7) is 11.5. The molecule has 4 N–H and O–H groups in total. The first-order valence-electron chi connectivity index (χ1n) is 16.8. The van der Waals surface area contributed by atoms with Crippen molar-refractivity contribution in [2.75, 3.05) is 0 Å². The monoisotopic (exact) mass is 674 g/mol. The van der Waals surface area contributed by atoms with E-state index in [-0.39, 0.29) is 30.8 Å². The van der Waals surface area contributed by atoms with Crippen molar-refractivity contribution >= 4 is 23.9 Å². The number of aliphatic hydroxyl groups excluding tert-OH is 1. The molecular formula is C37H54O11. The SMILES string of the molecule is CC(/C=C/[C@@H](O)[C@H](C)/C=C/C(=O)O)=C\C[C@@H]1O[C@@]2(CC[C@H]1C)CC[C@](CCC(C)C)(OC(=O)CCC(=O)O)[C@@H](/C=C/C(C)=C/C(=O)O)O2. The summed E-state index contributed by atoms with van der Waals surface area (Å²) in [5, 5.41) is 37.6. The van der Waals surface area contributed by atoms with E-state index in [4.69, 9.17) is 24.4 Å². The van der Waals surface area contributed by atoms with Crippen LogP contribution in [0.1, 0.15) is 99.3 Å².